The second kappa shape index (κ2) is 5.94. The third kappa shape index (κ3) is 2.47. The molecule has 24 heavy (non-hydrogen) atoms. The summed E-state index contributed by atoms with van der Waals surface area (Å²) in [6, 6.07) is 4.21. The maximum atomic E-state index is 5.62. The molecule has 0 atom stereocenters. The van der Waals surface area contributed by atoms with Crippen LogP contribution in [0, 0.1) is 13.8 Å². The molecule has 124 valence electrons. The maximum absolute atomic E-state index is 5.62. The van der Waals surface area contributed by atoms with Crippen LogP contribution in [-0.2, 0) is 13.0 Å². The van der Waals surface area contributed by atoms with Crippen molar-refractivity contribution in [1.29, 1.82) is 0 Å². The van der Waals surface area contributed by atoms with Crippen LogP contribution in [-0.4, -0.2) is 21.6 Å². The number of hydrogen-bond acceptors (Lipinski definition) is 5. The van der Waals surface area contributed by atoms with Gasteiger partial charge in [0.1, 0.15) is 12.7 Å². The molecule has 0 aliphatic carbocycles. The average molecular weight is 341 g/mol. The van der Waals surface area contributed by atoms with Gasteiger partial charge in [0.2, 0.25) is 6.79 Å². The monoisotopic (exact) mass is 341 g/mol. The maximum Gasteiger partial charge on any atom is 0.231 e. The fourth-order valence-electron chi connectivity index (χ4n) is 3.15. The van der Waals surface area contributed by atoms with Gasteiger partial charge in [0, 0.05) is 9.75 Å². The Morgan fingerprint density at radius 2 is 1.83 bits per heavy atom. The zero-order chi connectivity index (χ0) is 16.7. The molecule has 4 rings (SSSR count). The predicted octanol–water partition coefficient (Wildman–Crippen LogP) is 3.96. The first kappa shape index (κ1) is 15.2. The van der Waals surface area contributed by atoms with E-state index in [1.807, 2.05) is 15.9 Å². The van der Waals surface area contributed by atoms with E-state index in [0.717, 1.165) is 17.9 Å². The van der Waals surface area contributed by atoms with Crippen molar-refractivity contribution in [3.63, 3.8) is 0 Å². The molecule has 3 heterocycles. The highest BCUT2D eigenvalue weighted by Crippen LogP contribution is 2.43. The van der Waals surface area contributed by atoms with E-state index in [9.17, 15) is 0 Å². The standard InChI is InChI=1S/C18H19N3O2S/c1-4-17-18(11(2)12(3)24-17)14-6-16-15(22-10-23-16)5-13(14)7-21-8-19-20-9-21/h5-6,8-9H,4,7,10H2,1-3H3. The summed E-state index contributed by atoms with van der Waals surface area (Å²) < 4.78 is 13.2. The van der Waals surface area contributed by atoms with Crippen molar-refractivity contribution in [1.82, 2.24) is 14.8 Å². The number of ether oxygens (including phenoxy) is 2. The van der Waals surface area contributed by atoms with Gasteiger partial charge in [0.25, 0.3) is 0 Å². The van der Waals surface area contributed by atoms with E-state index in [2.05, 4.69) is 43.1 Å². The first-order valence-corrected chi connectivity index (χ1v) is 8.83. The Balaban J connectivity index is 1.90. The third-order valence-electron chi connectivity index (χ3n) is 4.47. The number of fused-ring (bicyclic) bond motifs is 1. The molecular weight excluding hydrogens is 322 g/mol. The minimum Gasteiger partial charge on any atom is -0.454 e. The Hall–Kier alpha value is -2.34. The van der Waals surface area contributed by atoms with Crippen LogP contribution in [0.5, 0.6) is 11.5 Å². The largest absolute Gasteiger partial charge is 0.454 e. The summed E-state index contributed by atoms with van der Waals surface area (Å²) in [7, 11) is 0. The molecule has 1 aromatic carbocycles. The van der Waals surface area contributed by atoms with Gasteiger partial charge < -0.3 is 14.0 Å². The number of hydrogen-bond donors (Lipinski definition) is 0. The summed E-state index contributed by atoms with van der Waals surface area (Å²) in [6.45, 7) is 7.59. The molecule has 0 N–H and O–H groups in total. The van der Waals surface area contributed by atoms with Gasteiger partial charge in [0.05, 0.1) is 6.54 Å². The molecule has 0 radical (unpaired) electrons. The van der Waals surface area contributed by atoms with Gasteiger partial charge in [-0.15, -0.1) is 21.5 Å². The van der Waals surface area contributed by atoms with Gasteiger partial charge in [-0.05, 0) is 54.7 Å². The summed E-state index contributed by atoms with van der Waals surface area (Å²) in [6.07, 6.45) is 4.50. The van der Waals surface area contributed by atoms with E-state index in [1.54, 1.807) is 12.7 Å². The van der Waals surface area contributed by atoms with Crippen molar-refractivity contribution in [3.8, 4) is 22.6 Å². The molecule has 0 fully saturated rings. The zero-order valence-electron chi connectivity index (χ0n) is 14.0. The molecule has 0 spiro atoms. The Morgan fingerprint density at radius 1 is 1.12 bits per heavy atom. The number of nitrogens with zero attached hydrogens (tertiary/aromatic N) is 3. The lowest BCUT2D eigenvalue weighted by Gasteiger charge is -2.13. The van der Waals surface area contributed by atoms with Gasteiger partial charge in [-0.1, -0.05) is 6.92 Å². The normalized spacial score (nSPS) is 12.8. The van der Waals surface area contributed by atoms with Crippen LogP contribution in [0.4, 0.5) is 0 Å². The van der Waals surface area contributed by atoms with Crippen molar-refractivity contribution >= 4 is 11.3 Å². The quantitative estimate of drug-likeness (QED) is 0.721. The minimum absolute atomic E-state index is 0.285. The number of thiophene rings is 1. The van der Waals surface area contributed by atoms with E-state index in [-0.39, 0.29) is 6.79 Å². The molecule has 3 aromatic rings. The summed E-state index contributed by atoms with van der Waals surface area (Å²) in [5.74, 6) is 1.63. The van der Waals surface area contributed by atoms with Crippen molar-refractivity contribution in [2.45, 2.75) is 33.7 Å². The molecule has 0 amide bonds. The second-order valence-corrected chi connectivity index (χ2v) is 7.24. The number of benzene rings is 1. The highest BCUT2D eigenvalue weighted by atomic mass is 32.1. The lowest BCUT2D eigenvalue weighted by atomic mass is 9.94. The van der Waals surface area contributed by atoms with Crippen LogP contribution in [0.25, 0.3) is 11.1 Å². The van der Waals surface area contributed by atoms with Gasteiger partial charge in [0.15, 0.2) is 11.5 Å². The number of rotatable bonds is 4. The van der Waals surface area contributed by atoms with Crippen LogP contribution in [0.15, 0.2) is 24.8 Å². The molecule has 1 aliphatic heterocycles. The Morgan fingerprint density at radius 3 is 2.54 bits per heavy atom. The molecule has 1 aliphatic rings. The molecule has 6 heteroatoms. The molecule has 0 bridgehead atoms. The smallest absolute Gasteiger partial charge is 0.231 e. The third-order valence-corrected chi connectivity index (χ3v) is 5.82. The van der Waals surface area contributed by atoms with Crippen molar-refractivity contribution in [2.24, 2.45) is 0 Å². The van der Waals surface area contributed by atoms with Crippen molar-refractivity contribution in [3.05, 3.63) is 45.7 Å². The highest BCUT2D eigenvalue weighted by molar-refractivity contribution is 7.12. The summed E-state index contributed by atoms with van der Waals surface area (Å²) >= 11 is 1.88. The lowest BCUT2D eigenvalue weighted by molar-refractivity contribution is 0.174. The van der Waals surface area contributed by atoms with Gasteiger partial charge in [-0.2, -0.15) is 0 Å². The number of aromatic nitrogens is 3. The summed E-state index contributed by atoms with van der Waals surface area (Å²) in [5.41, 5.74) is 5.09. The van der Waals surface area contributed by atoms with E-state index in [4.69, 9.17) is 9.47 Å². The first-order chi connectivity index (χ1) is 11.7. The molecule has 5 nitrogen and oxygen atoms in total. The van der Waals surface area contributed by atoms with E-state index in [0.29, 0.717) is 6.54 Å². The Bertz CT molecular complexity index is 884. The van der Waals surface area contributed by atoms with E-state index < -0.39 is 0 Å². The van der Waals surface area contributed by atoms with Crippen LogP contribution >= 0.6 is 11.3 Å². The topological polar surface area (TPSA) is 49.2 Å². The van der Waals surface area contributed by atoms with Crippen LogP contribution in [0.2, 0.25) is 0 Å². The van der Waals surface area contributed by atoms with Crippen LogP contribution in [0.1, 0.15) is 27.8 Å². The Labute approximate surface area is 144 Å². The first-order valence-electron chi connectivity index (χ1n) is 8.01. The number of aryl methyl sites for hydroxylation is 2. The lowest BCUT2D eigenvalue weighted by Crippen LogP contribution is -2.00. The van der Waals surface area contributed by atoms with Crippen LogP contribution in [0.3, 0.4) is 0 Å². The fourth-order valence-corrected chi connectivity index (χ4v) is 4.28. The molecule has 0 unspecified atom stereocenters. The SMILES string of the molecule is CCc1sc(C)c(C)c1-c1cc2c(cc1Cn1cnnc1)OCO2. The Kier molecular flexibility index (Phi) is 3.76. The van der Waals surface area contributed by atoms with Gasteiger partial charge >= 0.3 is 0 Å². The molecule has 0 saturated carbocycles. The summed E-state index contributed by atoms with van der Waals surface area (Å²) in [5, 5.41) is 7.82. The highest BCUT2D eigenvalue weighted by Gasteiger charge is 2.22. The van der Waals surface area contributed by atoms with Crippen LogP contribution < -0.4 is 9.47 Å². The molecule has 2 aromatic heterocycles. The zero-order valence-corrected chi connectivity index (χ0v) is 14.8. The molecular formula is C18H19N3O2S. The second-order valence-electron chi connectivity index (χ2n) is 5.93. The van der Waals surface area contributed by atoms with Gasteiger partial charge in [-0.25, -0.2) is 0 Å². The molecule has 0 saturated heterocycles. The fraction of sp³-hybridized carbons (Fsp3) is 0.333. The predicted molar refractivity (Wildman–Crippen MR) is 93.9 cm³/mol. The van der Waals surface area contributed by atoms with Crippen molar-refractivity contribution in [2.75, 3.05) is 6.79 Å². The summed E-state index contributed by atoms with van der Waals surface area (Å²) in [4.78, 5) is 2.78. The van der Waals surface area contributed by atoms with E-state index in [1.165, 1.54) is 32.0 Å². The minimum atomic E-state index is 0.285. The average Bonchev–Trinajstić information content (AvgIpc) is 3.29. The van der Waals surface area contributed by atoms with Gasteiger partial charge in [-0.3, -0.25) is 0 Å². The van der Waals surface area contributed by atoms with Crippen molar-refractivity contribution < 1.29 is 9.47 Å². The van der Waals surface area contributed by atoms with E-state index >= 15 is 0 Å².